The van der Waals surface area contributed by atoms with Crippen LogP contribution >= 0.6 is 0 Å². The lowest BCUT2D eigenvalue weighted by Crippen LogP contribution is -2.70. The summed E-state index contributed by atoms with van der Waals surface area (Å²) in [7, 11) is 1.34. The van der Waals surface area contributed by atoms with Crippen molar-refractivity contribution in [3.63, 3.8) is 0 Å². The highest BCUT2D eigenvalue weighted by molar-refractivity contribution is 6.00. The van der Waals surface area contributed by atoms with E-state index in [1.54, 1.807) is 23.5 Å². The number of fused-ring (bicyclic) bond motifs is 4. The number of methoxy groups -OCH3 is 1. The minimum atomic E-state index is -1.23. The molecule has 1 unspecified atom stereocenters. The number of ketones is 1. The average Bonchev–Trinajstić information content (AvgIpc) is 3.66. The molecule has 2 saturated heterocycles. The predicted molar refractivity (Wildman–Crippen MR) is 143 cm³/mol. The van der Waals surface area contributed by atoms with Gasteiger partial charge in [-0.25, -0.2) is 0 Å². The van der Waals surface area contributed by atoms with Crippen LogP contribution in [0, 0.1) is 28.1 Å². The van der Waals surface area contributed by atoms with Gasteiger partial charge >= 0.3 is 5.97 Å². The summed E-state index contributed by atoms with van der Waals surface area (Å²) in [5.74, 6) is -2.07. The third-order valence-electron chi connectivity index (χ3n) is 11.0. The van der Waals surface area contributed by atoms with Crippen LogP contribution in [0.15, 0.2) is 46.3 Å². The Morgan fingerprint density at radius 2 is 1.90 bits per heavy atom. The lowest BCUT2D eigenvalue weighted by atomic mass is 9.41. The van der Waals surface area contributed by atoms with Gasteiger partial charge in [-0.15, -0.1) is 0 Å². The molecule has 1 saturated carbocycles. The number of nitrogens with zero attached hydrogens (tertiary/aromatic N) is 1. The number of aliphatic hydroxyl groups excluding tert-OH is 1. The van der Waals surface area contributed by atoms with Crippen LogP contribution in [0.1, 0.15) is 52.0 Å². The highest BCUT2D eigenvalue weighted by atomic mass is 16.5. The SMILES string of the molecule is COC(=O)C[C@H]1[C@]2(C)C3=C(C)[C@H](c4ccoc4)C[C@H]3O[C@@H]2[C@H](O)C2[C@](C)(C(=O)N3CCOCC3)C=CC(=O)[C@@]21C. The van der Waals surface area contributed by atoms with Crippen molar-refractivity contribution in [2.24, 2.45) is 28.1 Å². The number of amides is 1. The quantitative estimate of drug-likeness (QED) is 0.447. The van der Waals surface area contributed by atoms with E-state index in [0.717, 1.165) is 16.7 Å². The lowest BCUT2D eigenvalue weighted by Gasteiger charge is -2.62. The Morgan fingerprint density at radius 1 is 1.18 bits per heavy atom. The van der Waals surface area contributed by atoms with Crippen molar-refractivity contribution in [3.05, 3.63) is 47.5 Å². The number of rotatable bonds is 4. The summed E-state index contributed by atoms with van der Waals surface area (Å²) in [4.78, 5) is 43.0. The largest absolute Gasteiger partial charge is 0.472 e. The molecule has 0 bridgehead atoms. The predicted octanol–water partition coefficient (Wildman–Crippen LogP) is 3.04. The topological polar surface area (TPSA) is 116 Å². The number of carbonyl (C=O) groups excluding carboxylic acids is 3. The summed E-state index contributed by atoms with van der Waals surface area (Å²) >= 11 is 0. The molecule has 1 aromatic rings. The van der Waals surface area contributed by atoms with Crippen molar-refractivity contribution in [1.29, 1.82) is 0 Å². The van der Waals surface area contributed by atoms with Crippen molar-refractivity contribution in [2.45, 2.75) is 64.8 Å². The van der Waals surface area contributed by atoms with Gasteiger partial charge in [-0.2, -0.15) is 0 Å². The van der Waals surface area contributed by atoms with E-state index in [9.17, 15) is 19.5 Å². The molecule has 0 radical (unpaired) electrons. The van der Waals surface area contributed by atoms with Crippen LogP contribution in [0.3, 0.4) is 0 Å². The maximum absolute atomic E-state index is 14.1. The Balaban J connectivity index is 1.51. The number of hydrogen-bond acceptors (Lipinski definition) is 8. The summed E-state index contributed by atoms with van der Waals surface area (Å²) in [5.41, 5.74) is -0.0435. The first kappa shape index (κ1) is 27.4. The zero-order valence-electron chi connectivity index (χ0n) is 23.8. The van der Waals surface area contributed by atoms with Crippen molar-refractivity contribution in [2.75, 3.05) is 33.4 Å². The molecular weight excluding hydrogens is 514 g/mol. The molecule has 3 fully saturated rings. The number of esters is 1. The second kappa shape index (κ2) is 9.39. The van der Waals surface area contributed by atoms with E-state index in [-0.39, 0.29) is 30.1 Å². The van der Waals surface area contributed by atoms with Crippen LogP contribution in [0.25, 0.3) is 0 Å². The molecule has 5 aliphatic rings. The van der Waals surface area contributed by atoms with Crippen molar-refractivity contribution in [1.82, 2.24) is 4.90 Å². The maximum Gasteiger partial charge on any atom is 0.305 e. The summed E-state index contributed by atoms with van der Waals surface area (Å²) in [5, 5.41) is 12.2. The Morgan fingerprint density at radius 3 is 2.55 bits per heavy atom. The summed E-state index contributed by atoms with van der Waals surface area (Å²) in [6.45, 7) is 9.53. The Labute approximate surface area is 234 Å². The summed E-state index contributed by atoms with van der Waals surface area (Å²) in [6, 6.07) is 1.95. The Kier molecular flexibility index (Phi) is 6.44. The third kappa shape index (κ3) is 3.53. The second-order valence-electron chi connectivity index (χ2n) is 12.7. The first-order chi connectivity index (χ1) is 19.0. The first-order valence-corrected chi connectivity index (χ1v) is 14.2. The van der Waals surface area contributed by atoms with Gasteiger partial charge in [-0.3, -0.25) is 14.4 Å². The van der Waals surface area contributed by atoms with Crippen LogP contribution in [0.2, 0.25) is 0 Å². The molecule has 9 nitrogen and oxygen atoms in total. The van der Waals surface area contributed by atoms with Crippen molar-refractivity contribution >= 4 is 17.7 Å². The highest BCUT2D eigenvalue weighted by Crippen LogP contribution is 2.70. The van der Waals surface area contributed by atoms with Gasteiger partial charge in [0.05, 0.1) is 63.0 Å². The molecule has 2 aliphatic heterocycles. The zero-order valence-corrected chi connectivity index (χ0v) is 23.8. The molecular formula is C31H39NO8. The van der Waals surface area contributed by atoms with E-state index in [4.69, 9.17) is 18.6 Å². The minimum absolute atomic E-state index is 0.0339. The van der Waals surface area contributed by atoms with Crippen LogP contribution in [0.4, 0.5) is 0 Å². The lowest BCUT2D eigenvalue weighted by molar-refractivity contribution is -0.214. The van der Waals surface area contributed by atoms with E-state index in [2.05, 4.69) is 6.92 Å². The highest BCUT2D eigenvalue weighted by Gasteiger charge is 2.74. The number of allylic oxidation sites excluding steroid dienone is 2. The molecule has 216 valence electrons. The molecule has 1 aromatic heterocycles. The molecule has 9 heteroatoms. The van der Waals surface area contributed by atoms with Gasteiger partial charge in [-0.05, 0) is 49.5 Å². The monoisotopic (exact) mass is 553 g/mol. The molecule has 0 aromatic carbocycles. The van der Waals surface area contributed by atoms with Crippen LogP contribution in [0.5, 0.6) is 0 Å². The van der Waals surface area contributed by atoms with Gasteiger partial charge in [0.15, 0.2) is 5.78 Å². The number of aliphatic hydroxyl groups is 1. The van der Waals surface area contributed by atoms with E-state index in [1.807, 2.05) is 26.8 Å². The fraction of sp³-hybridized carbons (Fsp3) is 0.645. The minimum Gasteiger partial charge on any atom is -0.472 e. The first-order valence-electron chi connectivity index (χ1n) is 14.2. The number of carbonyl (C=O) groups is 3. The molecule has 9 atom stereocenters. The van der Waals surface area contributed by atoms with Crippen molar-refractivity contribution < 1.29 is 38.1 Å². The fourth-order valence-corrected chi connectivity index (χ4v) is 9.19. The summed E-state index contributed by atoms with van der Waals surface area (Å²) < 4.78 is 22.7. The normalized spacial score (nSPS) is 42.5. The maximum atomic E-state index is 14.1. The Bertz CT molecular complexity index is 1280. The molecule has 3 aliphatic carbocycles. The van der Waals surface area contributed by atoms with Gasteiger partial charge in [0, 0.05) is 35.8 Å². The van der Waals surface area contributed by atoms with E-state index < -0.39 is 46.3 Å². The van der Waals surface area contributed by atoms with E-state index >= 15 is 0 Å². The van der Waals surface area contributed by atoms with E-state index in [1.165, 1.54) is 13.2 Å². The molecule has 3 heterocycles. The standard InChI is InChI=1S/C31H39NO8/c1-17-19(18-7-11-39-16-18)14-20-24(17)31(4)21(15-23(34)37-5)30(3)22(33)6-8-29(2,26(30)25(35)27(31)40-20)28(36)32-9-12-38-13-10-32/h6-8,11,16,19-21,25-27,35H,9-10,12-15H2,1-5H3/t19-,20-,21-,25-,26?,27-,29-,30+,31-/m1/s1. The molecule has 40 heavy (non-hydrogen) atoms. The second-order valence-corrected chi connectivity index (χ2v) is 12.7. The number of ether oxygens (including phenoxy) is 3. The smallest absolute Gasteiger partial charge is 0.305 e. The molecule has 1 N–H and O–H groups in total. The van der Waals surface area contributed by atoms with Gasteiger partial charge in [0.2, 0.25) is 5.91 Å². The summed E-state index contributed by atoms with van der Waals surface area (Å²) in [6.07, 6.45) is 5.11. The van der Waals surface area contributed by atoms with Crippen LogP contribution in [-0.4, -0.2) is 79.4 Å². The average molecular weight is 554 g/mol. The van der Waals surface area contributed by atoms with Crippen molar-refractivity contribution in [3.8, 4) is 0 Å². The molecule has 1 amide bonds. The number of furan rings is 1. The fourth-order valence-electron chi connectivity index (χ4n) is 9.19. The third-order valence-corrected chi connectivity index (χ3v) is 11.0. The van der Waals surface area contributed by atoms with Crippen LogP contribution < -0.4 is 0 Å². The zero-order chi connectivity index (χ0) is 28.6. The number of morpholine rings is 1. The van der Waals surface area contributed by atoms with Gasteiger partial charge in [0.25, 0.3) is 0 Å². The molecule has 0 spiro atoms. The Hall–Kier alpha value is -2.75. The van der Waals surface area contributed by atoms with Crippen LogP contribution in [-0.2, 0) is 28.6 Å². The van der Waals surface area contributed by atoms with Gasteiger partial charge < -0.3 is 28.6 Å². The van der Waals surface area contributed by atoms with E-state index in [0.29, 0.717) is 32.7 Å². The molecule has 6 rings (SSSR count). The van der Waals surface area contributed by atoms with Gasteiger partial charge in [-0.1, -0.05) is 25.5 Å². The van der Waals surface area contributed by atoms with Gasteiger partial charge in [0.1, 0.15) is 0 Å². The number of hydrogen-bond donors (Lipinski definition) is 1.